The molecule has 8 nitrogen and oxygen atoms in total. The number of carboxylic acids is 1. The Kier molecular flexibility index (Phi) is 5.51. The SMILES string of the molecule is O=C(O)C1CCO[C@H]1C1CCN(C(=O)Cc2cccc([N+](=O)[O-])c2)CC1. The third-order valence-corrected chi connectivity index (χ3v) is 5.29. The maximum Gasteiger partial charge on any atom is 0.309 e. The number of ether oxygens (including phenoxy) is 1. The summed E-state index contributed by atoms with van der Waals surface area (Å²) in [5.41, 5.74) is 0.600. The van der Waals surface area contributed by atoms with Crippen LogP contribution in [0.15, 0.2) is 24.3 Å². The van der Waals surface area contributed by atoms with Crippen molar-refractivity contribution >= 4 is 17.6 Å². The smallest absolute Gasteiger partial charge is 0.309 e. The zero-order valence-electron chi connectivity index (χ0n) is 14.4. The number of nitro groups is 1. The van der Waals surface area contributed by atoms with Gasteiger partial charge in [-0.3, -0.25) is 19.7 Å². The third kappa shape index (κ3) is 4.01. The van der Waals surface area contributed by atoms with Gasteiger partial charge in [0.2, 0.25) is 5.91 Å². The average Bonchev–Trinajstić information content (AvgIpc) is 3.12. The zero-order valence-corrected chi connectivity index (χ0v) is 14.4. The molecular weight excluding hydrogens is 340 g/mol. The van der Waals surface area contributed by atoms with Gasteiger partial charge in [-0.1, -0.05) is 12.1 Å². The number of benzene rings is 1. The molecule has 2 saturated heterocycles. The molecule has 26 heavy (non-hydrogen) atoms. The molecule has 1 N–H and O–H groups in total. The van der Waals surface area contributed by atoms with E-state index < -0.39 is 16.8 Å². The standard InChI is InChI=1S/C18H22N2O6/c21-16(11-12-2-1-3-14(10-12)20(24)25)19-7-4-13(5-8-19)17-15(18(22)23)6-9-26-17/h1-3,10,13,15,17H,4-9,11H2,(H,22,23)/t15?,17-/m0/s1. The second kappa shape index (κ2) is 7.82. The van der Waals surface area contributed by atoms with Crippen molar-refractivity contribution in [1.29, 1.82) is 0 Å². The molecule has 2 fully saturated rings. The number of carbonyl (C=O) groups is 2. The summed E-state index contributed by atoms with van der Waals surface area (Å²) < 4.78 is 5.65. The molecule has 2 heterocycles. The van der Waals surface area contributed by atoms with Gasteiger partial charge >= 0.3 is 5.97 Å². The fraction of sp³-hybridized carbons (Fsp3) is 0.556. The first kappa shape index (κ1) is 18.3. The molecule has 0 spiro atoms. The summed E-state index contributed by atoms with van der Waals surface area (Å²) in [6.07, 6.45) is 1.85. The molecule has 0 aliphatic carbocycles. The van der Waals surface area contributed by atoms with Crippen LogP contribution in [0, 0.1) is 22.0 Å². The van der Waals surface area contributed by atoms with Gasteiger partial charge in [0.05, 0.1) is 23.4 Å². The second-order valence-corrected chi connectivity index (χ2v) is 6.89. The third-order valence-electron chi connectivity index (χ3n) is 5.29. The molecule has 1 aromatic rings. The van der Waals surface area contributed by atoms with E-state index in [0.717, 1.165) is 12.8 Å². The van der Waals surface area contributed by atoms with E-state index in [1.165, 1.54) is 12.1 Å². The molecule has 140 valence electrons. The van der Waals surface area contributed by atoms with E-state index in [4.69, 9.17) is 4.74 Å². The number of piperidine rings is 1. The van der Waals surface area contributed by atoms with E-state index >= 15 is 0 Å². The van der Waals surface area contributed by atoms with E-state index in [-0.39, 0.29) is 30.0 Å². The molecule has 1 amide bonds. The highest BCUT2D eigenvalue weighted by Crippen LogP contribution is 2.33. The molecule has 0 bridgehead atoms. The lowest BCUT2D eigenvalue weighted by Crippen LogP contribution is -2.43. The molecule has 0 radical (unpaired) electrons. The van der Waals surface area contributed by atoms with Crippen molar-refractivity contribution in [2.24, 2.45) is 11.8 Å². The minimum Gasteiger partial charge on any atom is -0.481 e. The molecule has 1 unspecified atom stereocenters. The Morgan fingerprint density at radius 2 is 2.00 bits per heavy atom. The number of carboxylic acid groups (broad SMARTS) is 1. The van der Waals surface area contributed by atoms with Crippen molar-refractivity contribution in [1.82, 2.24) is 4.90 Å². The van der Waals surface area contributed by atoms with Crippen LogP contribution in [0.1, 0.15) is 24.8 Å². The van der Waals surface area contributed by atoms with Crippen LogP contribution in [0.2, 0.25) is 0 Å². The lowest BCUT2D eigenvalue weighted by molar-refractivity contribution is -0.384. The van der Waals surface area contributed by atoms with E-state index in [2.05, 4.69) is 0 Å². The topological polar surface area (TPSA) is 110 Å². The Labute approximate surface area is 150 Å². The Bertz CT molecular complexity index is 699. The molecule has 2 aliphatic rings. The Hall–Kier alpha value is -2.48. The first-order valence-electron chi connectivity index (χ1n) is 8.81. The van der Waals surface area contributed by atoms with Crippen LogP contribution in [-0.4, -0.2) is 52.6 Å². The number of carbonyl (C=O) groups excluding carboxylic acids is 1. The van der Waals surface area contributed by atoms with Gasteiger partial charge in [-0.25, -0.2) is 0 Å². The summed E-state index contributed by atoms with van der Waals surface area (Å²) in [5.74, 6) is -1.17. The molecule has 0 saturated carbocycles. The number of likely N-dealkylation sites (tertiary alicyclic amines) is 1. The number of nitro benzene ring substituents is 1. The summed E-state index contributed by atoms with van der Waals surface area (Å²) in [4.78, 5) is 35.9. The molecule has 2 atom stereocenters. The van der Waals surface area contributed by atoms with Crippen LogP contribution in [0.4, 0.5) is 5.69 Å². The molecular formula is C18H22N2O6. The predicted molar refractivity (Wildman–Crippen MR) is 91.6 cm³/mol. The van der Waals surface area contributed by atoms with Crippen molar-refractivity contribution < 1.29 is 24.4 Å². The normalized spacial score (nSPS) is 23.8. The highest BCUT2D eigenvalue weighted by Gasteiger charge is 2.40. The predicted octanol–water partition coefficient (Wildman–Crippen LogP) is 1.87. The van der Waals surface area contributed by atoms with Gasteiger partial charge < -0.3 is 14.7 Å². The first-order chi connectivity index (χ1) is 12.5. The summed E-state index contributed by atoms with van der Waals surface area (Å²) in [6, 6.07) is 6.12. The molecule has 3 rings (SSSR count). The van der Waals surface area contributed by atoms with Crippen molar-refractivity contribution in [2.45, 2.75) is 31.8 Å². The van der Waals surface area contributed by atoms with E-state index in [0.29, 0.717) is 31.7 Å². The summed E-state index contributed by atoms with van der Waals surface area (Å²) >= 11 is 0. The Balaban J connectivity index is 1.54. The van der Waals surface area contributed by atoms with Gasteiger partial charge in [0.15, 0.2) is 0 Å². The number of rotatable bonds is 5. The van der Waals surface area contributed by atoms with Crippen molar-refractivity contribution in [2.75, 3.05) is 19.7 Å². The van der Waals surface area contributed by atoms with Crippen LogP contribution in [-0.2, 0) is 20.7 Å². The highest BCUT2D eigenvalue weighted by atomic mass is 16.6. The number of amides is 1. The maximum atomic E-state index is 12.5. The molecule has 0 aromatic heterocycles. The van der Waals surface area contributed by atoms with Gasteiger partial charge in [-0.2, -0.15) is 0 Å². The number of aliphatic carboxylic acids is 1. The first-order valence-corrected chi connectivity index (χ1v) is 8.81. The molecule has 1 aromatic carbocycles. The second-order valence-electron chi connectivity index (χ2n) is 6.89. The quantitative estimate of drug-likeness (QED) is 0.632. The zero-order chi connectivity index (χ0) is 18.7. The van der Waals surface area contributed by atoms with Crippen molar-refractivity contribution in [3.05, 3.63) is 39.9 Å². The van der Waals surface area contributed by atoms with E-state index in [1.54, 1.807) is 17.0 Å². The van der Waals surface area contributed by atoms with Gasteiger partial charge in [0.25, 0.3) is 5.69 Å². The fourth-order valence-electron chi connectivity index (χ4n) is 3.88. The van der Waals surface area contributed by atoms with E-state index in [1.807, 2.05) is 0 Å². The minimum absolute atomic E-state index is 0.0212. The van der Waals surface area contributed by atoms with Crippen LogP contribution in [0.25, 0.3) is 0 Å². The van der Waals surface area contributed by atoms with Gasteiger partial charge in [-0.15, -0.1) is 0 Å². The summed E-state index contributed by atoms with van der Waals surface area (Å²) in [7, 11) is 0. The van der Waals surface area contributed by atoms with Crippen LogP contribution in [0.3, 0.4) is 0 Å². The van der Waals surface area contributed by atoms with Gasteiger partial charge in [-0.05, 0) is 30.7 Å². The fourth-order valence-corrected chi connectivity index (χ4v) is 3.88. The largest absolute Gasteiger partial charge is 0.481 e. The van der Waals surface area contributed by atoms with Crippen LogP contribution >= 0.6 is 0 Å². The Morgan fingerprint density at radius 1 is 1.27 bits per heavy atom. The summed E-state index contributed by atoms with van der Waals surface area (Å²) in [6.45, 7) is 1.60. The lowest BCUT2D eigenvalue weighted by atomic mass is 9.84. The highest BCUT2D eigenvalue weighted by molar-refractivity contribution is 5.79. The van der Waals surface area contributed by atoms with Crippen molar-refractivity contribution in [3.63, 3.8) is 0 Å². The Morgan fingerprint density at radius 3 is 2.65 bits per heavy atom. The number of hydrogen-bond donors (Lipinski definition) is 1. The number of non-ortho nitro benzene ring substituents is 1. The molecule has 2 aliphatic heterocycles. The van der Waals surface area contributed by atoms with Crippen LogP contribution < -0.4 is 0 Å². The number of nitrogens with zero attached hydrogens (tertiary/aromatic N) is 2. The average molecular weight is 362 g/mol. The maximum absolute atomic E-state index is 12.5. The minimum atomic E-state index is -0.809. The lowest BCUT2D eigenvalue weighted by Gasteiger charge is -2.35. The monoisotopic (exact) mass is 362 g/mol. The summed E-state index contributed by atoms with van der Waals surface area (Å²) in [5, 5.41) is 20.1. The van der Waals surface area contributed by atoms with Gasteiger partial charge in [0, 0.05) is 31.8 Å². The molecule has 8 heteroatoms. The van der Waals surface area contributed by atoms with Gasteiger partial charge in [0.1, 0.15) is 0 Å². The number of hydrogen-bond acceptors (Lipinski definition) is 5. The van der Waals surface area contributed by atoms with Crippen LogP contribution in [0.5, 0.6) is 0 Å². The van der Waals surface area contributed by atoms with E-state index in [9.17, 15) is 24.8 Å². The van der Waals surface area contributed by atoms with Crippen molar-refractivity contribution in [3.8, 4) is 0 Å².